The van der Waals surface area contributed by atoms with E-state index in [9.17, 15) is 13.5 Å². The lowest BCUT2D eigenvalue weighted by molar-refractivity contribution is 0.248. The number of benzene rings is 3. The molecule has 1 aromatic heterocycles. The lowest BCUT2D eigenvalue weighted by Crippen LogP contribution is -2.47. The molecule has 4 aromatic rings. The van der Waals surface area contributed by atoms with Crippen LogP contribution in [0, 0.1) is 0 Å². The molecule has 3 N–H and O–H groups in total. The molecule has 1 fully saturated rings. The molecule has 0 bridgehead atoms. The molecular weight excluding hydrogens is 566 g/mol. The van der Waals surface area contributed by atoms with Crippen molar-refractivity contribution in [3.63, 3.8) is 0 Å². The lowest BCUT2D eigenvalue weighted by Gasteiger charge is -2.30. The van der Waals surface area contributed by atoms with Crippen molar-refractivity contribution in [1.29, 1.82) is 0 Å². The molecule has 0 saturated carbocycles. The number of piperazine rings is 1. The fourth-order valence-corrected chi connectivity index (χ4v) is 6.22. The molecule has 0 amide bonds. The minimum absolute atomic E-state index is 0.0264. The molecule has 1 aliphatic heterocycles. The van der Waals surface area contributed by atoms with Gasteiger partial charge in [-0.3, -0.25) is 9.21 Å². The maximum atomic E-state index is 12.7. The highest BCUT2D eigenvalue weighted by Gasteiger charge is 2.22. The van der Waals surface area contributed by atoms with Gasteiger partial charge in [0.05, 0.1) is 47.6 Å². The highest BCUT2D eigenvalue weighted by Crippen LogP contribution is 2.39. The Labute approximate surface area is 253 Å². The van der Waals surface area contributed by atoms with Crippen molar-refractivity contribution in [3.05, 3.63) is 77.9 Å². The predicted octanol–water partition coefficient (Wildman–Crippen LogP) is 4.51. The lowest BCUT2D eigenvalue weighted by atomic mass is 10.0. The molecule has 2 heterocycles. The summed E-state index contributed by atoms with van der Waals surface area (Å²) < 4.78 is 38.5. The molecule has 43 heavy (non-hydrogen) atoms. The standard InChI is InChI=1S/C32H39N5O5S/c1-4-41-28-21-26-27(22-29(28)42-5-2)35-32(38)30(26)31(23-9-7-6-8-10-23)34-24-11-13-25(14-12-24)37(43(3,39)40)20-19-36-17-15-33-16-18-36/h6-14,21-22,33,35,38H,4-5,15-20H2,1-3H3. The van der Waals surface area contributed by atoms with Crippen LogP contribution in [0.25, 0.3) is 10.9 Å². The maximum Gasteiger partial charge on any atom is 0.232 e. The highest BCUT2D eigenvalue weighted by atomic mass is 32.2. The SMILES string of the molecule is CCOc1cc2[nH]c(O)c(C(=Nc3ccc(N(CCN4CCNCC4)S(C)(=O)=O)cc3)c3ccccc3)c2cc1OCC. The van der Waals surface area contributed by atoms with Gasteiger partial charge >= 0.3 is 0 Å². The number of rotatable bonds is 12. The fourth-order valence-electron chi connectivity index (χ4n) is 5.30. The van der Waals surface area contributed by atoms with E-state index in [1.807, 2.05) is 56.3 Å². The number of aliphatic imine (C=N–C) groups is 1. The van der Waals surface area contributed by atoms with Crippen molar-refractivity contribution in [2.45, 2.75) is 13.8 Å². The first kappa shape index (κ1) is 30.4. The van der Waals surface area contributed by atoms with Gasteiger partial charge in [-0.1, -0.05) is 30.3 Å². The Bertz CT molecular complexity index is 1660. The van der Waals surface area contributed by atoms with Crippen LogP contribution in [0.3, 0.4) is 0 Å². The Morgan fingerprint density at radius 1 is 0.977 bits per heavy atom. The quantitative estimate of drug-likeness (QED) is 0.203. The minimum atomic E-state index is -3.48. The Morgan fingerprint density at radius 3 is 2.26 bits per heavy atom. The van der Waals surface area contributed by atoms with Crippen molar-refractivity contribution in [2.24, 2.45) is 4.99 Å². The average Bonchev–Trinajstić information content (AvgIpc) is 3.31. The van der Waals surface area contributed by atoms with Crippen molar-refractivity contribution >= 4 is 38.0 Å². The topological polar surface area (TPSA) is 119 Å². The van der Waals surface area contributed by atoms with Gasteiger partial charge in [0.1, 0.15) is 0 Å². The number of nitrogens with zero attached hydrogens (tertiary/aromatic N) is 3. The summed E-state index contributed by atoms with van der Waals surface area (Å²) in [7, 11) is -3.48. The Hall–Kier alpha value is -4.06. The van der Waals surface area contributed by atoms with Gasteiger partial charge in [0.25, 0.3) is 0 Å². The van der Waals surface area contributed by atoms with Crippen LogP contribution in [-0.2, 0) is 10.0 Å². The summed E-state index contributed by atoms with van der Waals surface area (Å²) in [5.74, 6) is 1.14. The van der Waals surface area contributed by atoms with Gasteiger partial charge in [-0.05, 0) is 44.2 Å². The number of sulfonamides is 1. The highest BCUT2D eigenvalue weighted by molar-refractivity contribution is 7.92. The normalized spacial score (nSPS) is 14.6. The molecule has 1 aliphatic rings. The number of aromatic amines is 1. The second kappa shape index (κ2) is 13.5. The minimum Gasteiger partial charge on any atom is -0.494 e. The number of ether oxygens (including phenoxy) is 2. The Balaban J connectivity index is 1.53. The first-order chi connectivity index (χ1) is 20.8. The molecule has 5 rings (SSSR count). The van der Waals surface area contributed by atoms with E-state index in [1.165, 1.54) is 10.6 Å². The predicted molar refractivity (Wildman–Crippen MR) is 172 cm³/mol. The molecule has 228 valence electrons. The number of fused-ring (bicyclic) bond motifs is 1. The number of hydrogen-bond acceptors (Lipinski definition) is 8. The monoisotopic (exact) mass is 605 g/mol. The summed E-state index contributed by atoms with van der Waals surface area (Å²) in [5.41, 5.74) is 3.78. The summed E-state index contributed by atoms with van der Waals surface area (Å²) >= 11 is 0. The Morgan fingerprint density at radius 2 is 1.63 bits per heavy atom. The molecule has 0 aliphatic carbocycles. The molecule has 0 spiro atoms. The van der Waals surface area contributed by atoms with Gasteiger partial charge in [0.2, 0.25) is 10.0 Å². The van der Waals surface area contributed by atoms with Crippen LogP contribution in [0.2, 0.25) is 0 Å². The van der Waals surface area contributed by atoms with E-state index in [4.69, 9.17) is 14.5 Å². The van der Waals surface area contributed by atoms with Crippen molar-refractivity contribution in [1.82, 2.24) is 15.2 Å². The number of H-pyrrole nitrogens is 1. The first-order valence-corrected chi connectivity index (χ1v) is 16.4. The third-order valence-corrected chi connectivity index (χ3v) is 8.53. The van der Waals surface area contributed by atoms with E-state index in [-0.39, 0.29) is 5.88 Å². The van der Waals surface area contributed by atoms with E-state index in [2.05, 4.69) is 15.2 Å². The van der Waals surface area contributed by atoms with Crippen LogP contribution in [0.15, 0.2) is 71.7 Å². The molecule has 1 saturated heterocycles. The second-order valence-corrected chi connectivity index (χ2v) is 12.2. The van der Waals surface area contributed by atoms with Crippen LogP contribution >= 0.6 is 0 Å². The summed E-state index contributed by atoms with van der Waals surface area (Å²) in [4.78, 5) is 10.3. The van der Waals surface area contributed by atoms with Crippen LogP contribution in [0.5, 0.6) is 17.4 Å². The molecule has 0 atom stereocenters. The molecule has 10 nitrogen and oxygen atoms in total. The number of nitrogens with one attached hydrogen (secondary N) is 2. The van der Waals surface area contributed by atoms with Gasteiger partial charge in [0, 0.05) is 56.3 Å². The smallest absolute Gasteiger partial charge is 0.232 e. The molecular formula is C32H39N5O5S. The number of aromatic nitrogens is 1. The van der Waals surface area contributed by atoms with Crippen molar-refractivity contribution in [3.8, 4) is 17.4 Å². The first-order valence-electron chi connectivity index (χ1n) is 14.6. The van der Waals surface area contributed by atoms with E-state index >= 15 is 0 Å². The van der Waals surface area contributed by atoms with E-state index in [0.29, 0.717) is 66.0 Å². The maximum absolute atomic E-state index is 12.7. The van der Waals surface area contributed by atoms with E-state index in [1.54, 1.807) is 24.3 Å². The van der Waals surface area contributed by atoms with Gasteiger partial charge in [-0.2, -0.15) is 0 Å². The van der Waals surface area contributed by atoms with Crippen LogP contribution in [0.4, 0.5) is 11.4 Å². The number of anilines is 1. The second-order valence-electron chi connectivity index (χ2n) is 10.3. The zero-order chi connectivity index (χ0) is 30.4. The van der Waals surface area contributed by atoms with E-state index < -0.39 is 10.0 Å². The number of aromatic hydroxyl groups is 1. The fraction of sp³-hybridized carbons (Fsp3) is 0.344. The van der Waals surface area contributed by atoms with Crippen molar-refractivity contribution in [2.75, 3.05) is 63.0 Å². The summed E-state index contributed by atoms with van der Waals surface area (Å²) in [6.07, 6.45) is 1.23. The third-order valence-electron chi connectivity index (χ3n) is 7.33. The molecule has 0 unspecified atom stereocenters. The van der Waals surface area contributed by atoms with E-state index in [0.717, 1.165) is 37.1 Å². The van der Waals surface area contributed by atoms with Gasteiger partial charge in [0.15, 0.2) is 17.4 Å². The zero-order valence-electron chi connectivity index (χ0n) is 24.8. The molecule has 0 radical (unpaired) electrons. The molecule has 11 heteroatoms. The van der Waals surface area contributed by atoms with Crippen LogP contribution in [0.1, 0.15) is 25.0 Å². The van der Waals surface area contributed by atoms with Crippen molar-refractivity contribution < 1.29 is 23.0 Å². The summed E-state index contributed by atoms with van der Waals surface area (Å²) in [6.45, 7) is 9.38. The van der Waals surface area contributed by atoms with Gasteiger partial charge in [-0.15, -0.1) is 0 Å². The van der Waals surface area contributed by atoms with Crippen LogP contribution < -0.4 is 19.1 Å². The van der Waals surface area contributed by atoms with Crippen LogP contribution in [-0.4, -0.2) is 87.9 Å². The van der Waals surface area contributed by atoms with Gasteiger partial charge < -0.3 is 24.9 Å². The summed E-state index contributed by atoms with van der Waals surface area (Å²) in [6, 6.07) is 20.5. The Kier molecular flexibility index (Phi) is 9.54. The molecule has 3 aromatic carbocycles. The zero-order valence-corrected chi connectivity index (χ0v) is 25.7. The third kappa shape index (κ3) is 7.12. The largest absolute Gasteiger partial charge is 0.494 e. The number of hydrogen-bond donors (Lipinski definition) is 3. The van der Waals surface area contributed by atoms with Gasteiger partial charge in [-0.25, -0.2) is 13.4 Å². The average molecular weight is 606 g/mol. The summed E-state index contributed by atoms with van der Waals surface area (Å²) in [5, 5.41) is 15.2.